The first-order valence-corrected chi connectivity index (χ1v) is 6.21. The summed E-state index contributed by atoms with van der Waals surface area (Å²) in [6.07, 6.45) is 5.63. The smallest absolute Gasteiger partial charge is 0.0852 e. The fourth-order valence-electron chi connectivity index (χ4n) is 2.04. The van der Waals surface area contributed by atoms with Crippen molar-refractivity contribution in [3.8, 4) is 0 Å². The summed E-state index contributed by atoms with van der Waals surface area (Å²) in [7, 11) is 0. The van der Waals surface area contributed by atoms with Gasteiger partial charge < -0.3 is 15.2 Å². The molecule has 0 aliphatic carbocycles. The Morgan fingerprint density at radius 1 is 1.53 bits per heavy atom. The molecule has 17 heavy (non-hydrogen) atoms. The zero-order chi connectivity index (χ0) is 12.1. The van der Waals surface area contributed by atoms with E-state index in [2.05, 4.69) is 12.0 Å². The van der Waals surface area contributed by atoms with Crippen LogP contribution in [0.15, 0.2) is 12.4 Å². The second-order valence-electron chi connectivity index (χ2n) is 4.49. The summed E-state index contributed by atoms with van der Waals surface area (Å²) < 4.78 is 13.3. The lowest BCUT2D eigenvalue weighted by molar-refractivity contribution is -0.112. The standard InChI is InChI=1S/C12H21N3O2/c1-2-15-8-11(7-14-15)9-17-12(10-13)3-5-16-6-4-12/h7-8H,2-6,9-10,13H2,1H3. The summed E-state index contributed by atoms with van der Waals surface area (Å²) in [5.74, 6) is 0. The van der Waals surface area contributed by atoms with Crippen LogP contribution in [0.1, 0.15) is 25.3 Å². The lowest BCUT2D eigenvalue weighted by Gasteiger charge is -2.35. The molecule has 5 nitrogen and oxygen atoms in total. The van der Waals surface area contributed by atoms with Gasteiger partial charge in [0.25, 0.3) is 0 Å². The Labute approximate surface area is 102 Å². The van der Waals surface area contributed by atoms with E-state index < -0.39 is 0 Å². The van der Waals surface area contributed by atoms with E-state index in [-0.39, 0.29) is 5.60 Å². The molecule has 2 rings (SSSR count). The quantitative estimate of drug-likeness (QED) is 0.830. The Hall–Kier alpha value is -0.910. The van der Waals surface area contributed by atoms with Gasteiger partial charge in [0.1, 0.15) is 0 Å². The van der Waals surface area contributed by atoms with Crippen LogP contribution in [0.2, 0.25) is 0 Å². The summed E-state index contributed by atoms with van der Waals surface area (Å²) in [6.45, 7) is 5.57. The third-order valence-electron chi connectivity index (χ3n) is 3.33. The molecule has 0 spiro atoms. The van der Waals surface area contributed by atoms with Crippen molar-refractivity contribution in [2.24, 2.45) is 5.73 Å². The van der Waals surface area contributed by atoms with E-state index in [4.69, 9.17) is 15.2 Å². The Balaban J connectivity index is 1.90. The molecule has 0 unspecified atom stereocenters. The summed E-state index contributed by atoms with van der Waals surface area (Å²) >= 11 is 0. The molecule has 1 aromatic rings. The van der Waals surface area contributed by atoms with Gasteiger partial charge in [0.05, 0.1) is 18.4 Å². The Bertz CT molecular complexity index is 345. The molecule has 2 N–H and O–H groups in total. The number of hydrogen-bond acceptors (Lipinski definition) is 4. The molecule has 1 fully saturated rings. The fraction of sp³-hybridized carbons (Fsp3) is 0.750. The molecule has 1 aromatic heterocycles. The lowest BCUT2D eigenvalue weighted by Crippen LogP contribution is -2.45. The third-order valence-corrected chi connectivity index (χ3v) is 3.33. The Kier molecular flexibility index (Phi) is 4.15. The number of aromatic nitrogens is 2. The van der Waals surface area contributed by atoms with Crippen molar-refractivity contribution in [3.05, 3.63) is 18.0 Å². The summed E-state index contributed by atoms with van der Waals surface area (Å²) in [5, 5.41) is 4.23. The number of aryl methyl sites for hydroxylation is 1. The minimum Gasteiger partial charge on any atom is -0.381 e. The number of hydrogen-bond donors (Lipinski definition) is 1. The molecular formula is C12H21N3O2. The molecule has 0 aromatic carbocycles. The lowest BCUT2D eigenvalue weighted by atomic mass is 9.94. The van der Waals surface area contributed by atoms with E-state index in [1.165, 1.54) is 0 Å². The van der Waals surface area contributed by atoms with Gasteiger partial charge in [-0.3, -0.25) is 4.68 Å². The molecule has 5 heteroatoms. The monoisotopic (exact) mass is 239 g/mol. The summed E-state index contributed by atoms with van der Waals surface area (Å²) in [6, 6.07) is 0. The number of ether oxygens (including phenoxy) is 2. The highest BCUT2D eigenvalue weighted by Gasteiger charge is 2.32. The van der Waals surface area contributed by atoms with E-state index in [1.54, 1.807) is 0 Å². The van der Waals surface area contributed by atoms with E-state index in [1.807, 2.05) is 17.1 Å². The number of rotatable bonds is 5. The molecular weight excluding hydrogens is 218 g/mol. The highest BCUT2D eigenvalue weighted by atomic mass is 16.5. The average molecular weight is 239 g/mol. The molecule has 0 amide bonds. The van der Waals surface area contributed by atoms with E-state index in [0.29, 0.717) is 13.2 Å². The molecule has 1 aliphatic rings. The molecule has 0 radical (unpaired) electrons. The molecule has 1 saturated heterocycles. The first-order chi connectivity index (χ1) is 8.28. The van der Waals surface area contributed by atoms with Crippen LogP contribution in [0, 0.1) is 0 Å². The number of nitrogens with two attached hydrogens (primary N) is 1. The summed E-state index contributed by atoms with van der Waals surface area (Å²) in [4.78, 5) is 0. The van der Waals surface area contributed by atoms with Crippen molar-refractivity contribution in [2.45, 2.75) is 38.5 Å². The maximum absolute atomic E-state index is 6.01. The van der Waals surface area contributed by atoms with Crippen molar-refractivity contribution >= 4 is 0 Å². The van der Waals surface area contributed by atoms with Crippen molar-refractivity contribution in [1.29, 1.82) is 0 Å². The van der Waals surface area contributed by atoms with Crippen LogP contribution in [0.25, 0.3) is 0 Å². The van der Waals surface area contributed by atoms with Crippen molar-refractivity contribution < 1.29 is 9.47 Å². The molecule has 2 heterocycles. The van der Waals surface area contributed by atoms with Crippen LogP contribution in [0.3, 0.4) is 0 Å². The SMILES string of the molecule is CCn1cc(COC2(CN)CCOCC2)cn1. The van der Waals surface area contributed by atoms with Crippen molar-refractivity contribution in [1.82, 2.24) is 9.78 Å². The van der Waals surface area contributed by atoms with Crippen LogP contribution in [0.5, 0.6) is 0 Å². The van der Waals surface area contributed by atoms with Gasteiger partial charge in [0, 0.05) is 50.9 Å². The first kappa shape index (κ1) is 12.5. The van der Waals surface area contributed by atoms with Gasteiger partial charge in [-0.1, -0.05) is 0 Å². The highest BCUT2D eigenvalue weighted by Crippen LogP contribution is 2.25. The van der Waals surface area contributed by atoms with Crippen LogP contribution in [-0.4, -0.2) is 35.1 Å². The van der Waals surface area contributed by atoms with Crippen LogP contribution >= 0.6 is 0 Å². The molecule has 96 valence electrons. The molecule has 0 atom stereocenters. The van der Waals surface area contributed by atoms with Crippen LogP contribution < -0.4 is 5.73 Å². The van der Waals surface area contributed by atoms with Crippen LogP contribution in [0.4, 0.5) is 0 Å². The van der Waals surface area contributed by atoms with E-state index >= 15 is 0 Å². The predicted molar refractivity (Wildman–Crippen MR) is 64.5 cm³/mol. The van der Waals surface area contributed by atoms with Gasteiger partial charge in [0.15, 0.2) is 0 Å². The van der Waals surface area contributed by atoms with Gasteiger partial charge in [-0.2, -0.15) is 5.10 Å². The maximum Gasteiger partial charge on any atom is 0.0852 e. The van der Waals surface area contributed by atoms with Gasteiger partial charge in [0.2, 0.25) is 0 Å². The highest BCUT2D eigenvalue weighted by molar-refractivity contribution is 5.02. The van der Waals surface area contributed by atoms with Gasteiger partial charge in [-0.15, -0.1) is 0 Å². The second kappa shape index (κ2) is 5.62. The zero-order valence-electron chi connectivity index (χ0n) is 10.4. The Morgan fingerprint density at radius 2 is 2.29 bits per heavy atom. The number of nitrogens with zero attached hydrogens (tertiary/aromatic N) is 2. The maximum atomic E-state index is 6.01. The van der Waals surface area contributed by atoms with E-state index in [9.17, 15) is 0 Å². The minimum absolute atomic E-state index is 0.202. The second-order valence-corrected chi connectivity index (χ2v) is 4.49. The molecule has 0 saturated carbocycles. The fourth-order valence-corrected chi connectivity index (χ4v) is 2.04. The predicted octanol–water partition coefficient (Wildman–Crippen LogP) is 0.927. The largest absolute Gasteiger partial charge is 0.381 e. The normalized spacial score (nSPS) is 19.4. The summed E-state index contributed by atoms with van der Waals surface area (Å²) in [5.41, 5.74) is 6.73. The average Bonchev–Trinajstić information content (AvgIpc) is 2.85. The Morgan fingerprint density at radius 3 is 2.88 bits per heavy atom. The first-order valence-electron chi connectivity index (χ1n) is 6.21. The minimum atomic E-state index is -0.202. The van der Waals surface area contributed by atoms with E-state index in [0.717, 1.165) is 38.2 Å². The topological polar surface area (TPSA) is 62.3 Å². The zero-order valence-corrected chi connectivity index (χ0v) is 10.4. The van der Waals surface area contributed by atoms with Gasteiger partial charge >= 0.3 is 0 Å². The third kappa shape index (κ3) is 3.06. The molecule has 1 aliphatic heterocycles. The van der Waals surface area contributed by atoms with Gasteiger partial charge in [-0.25, -0.2) is 0 Å². The van der Waals surface area contributed by atoms with Gasteiger partial charge in [-0.05, 0) is 6.92 Å². The van der Waals surface area contributed by atoms with Crippen molar-refractivity contribution in [3.63, 3.8) is 0 Å². The van der Waals surface area contributed by atoms with Crippen molar-refractivity contribution in [2.75, 3.05) is 19.8 Å². The van der Waals surface area contributed by atoms with Crippen LogP contribution in [-0.2, 0) is 22.6 Å². The molecule has 0 bridgehead atoms.